The van der Waals surface area contributed by atoms with Crippen LogP contribution in [-0.2, 0) is 6.54 Å². The zero-order chi connectivity index (χ0) is 13.1. The van der Waals surface area contributed by atoms with E-state index in [9.17, 15) is 0 Å². The van der Waals surface area contributed by atoms with E-state index in [1.54, 1.807) is 0 Å². The second-order valence-electron chi connectivity index (χ2n) is 4.73. The number of ether oxygens (including phenoxy) is 1. The standard InChI is InChI=1S/C16H27NO/c1-3-5-6-7-13-18-16-10-8-15(9-11-16)14-17-12-4-2/h8-11,17H,3-7,12-14H2,1-2H3. The molecule has 0 heterocycles. The van der Waals surface area contributed by atoms with Gasteiger partial charge in [-0.3, -0.25) is 0 Å². The average Bonchev–Trinajstić information content (AvgIpc) is 2.40. The van der Waals surface area contributed by atoms with Crippen LogP contribution < -0.4 is 10.1 Å². The summed E-state index contributed by atoms with van der Waals surface area (Å²) in [4.78, 5) is 0. The molecule has 1 aromatic rings. The molecule has 0 saturated carbocycles. The quantitative estimate of drug-likeness (QED) is 0.629. The number of hydrogen-bond donors (Lipinski definition) is 1. The number of nitrogens with one attached hydrogen (secondary N) is 1. The van der Waals surface area contributed by atoms with Crippen molar-refractivity contribution in [3.8, 4) is 5.75 Å². The number of rotatable bonds is 10. The van der Waals surface area contributed by atoms with Crippen LogP contribution in [-0.4, -0.2) is 13.2 Å². The topological polar surface area (TPSA) is 21.3 Å². The largest absolute Gasteiger partial charge is 0.494 e. The van der Waals surface area contributed by atoms with Gasteiger partial charge in [0.2, 0.25) is 0 Å². The summed E-state index contributed by atoms with van der Waals surface area (Å²) in [6.07, 6.45) is 6.20. The van der Waals surface area contributed by atoms with Gasteiger partial charge in [0.15, 0.2) is 0 Å². The maximum atomic E-state index is 5.71. The molecule has 1 aromatic carbocycles. The first kappa shape index (κ1) is 15.0. The third kappa shape index (κ3) is 6.65. The zero-order valence-corrected chi connectivity index (χ0v) is 11.9. The molecule has 18 heavy (non-hydrogen) atoms. The highest BCUT2D eigenvalue weighted by Gasteiger charge is 1.95. The van der Waals surface area contributed by atoms with Crippen molar-refractivity contribution < 1.29 is 4.74 Å². The minimum Gasteiger partial charge on any atom is -0.494 e. The Morgan fingerprint density at radius 2 is 1.72 bits per heavy atom. The smallest absolute Gasteiger partial charge is 0.119 e. The monoisotopic (exact) mass is 249 g/mol. The van der Waals surface area contributed by atoms with Gasteiger partial charge in [-0.15, -0.1) is 0 Å². The maximum absolute atomic E-state index is 5.71. The lowest BCUT2D eigenvalue weighted by atomic mass is 10.2. The fourth-order valence-corrected chi connectivity index (χ4v) is 1.83. The molecule has 0 spiro atoms. The summed E-state index contributed by atoms with van der Waals surface area (Å²) in [6, 6.07) is 8.43. The van der Waals surface area contributed by atoms with Gasteiger partial charge >= 0.3 is 0 Å². The summed E-state index contributed by atoms with van der Waals surface area (Å²) in [7, 11) is 0. The average molecular weight is 249 g/mol. The molecule has 0 fully saturated rings. The van der Waals surface area contributed by atoms with Gasteiger partial charge in [-0.2, -0.15) is 0 Å². The van der Waals surface area contributed by atoms with E-state index in [1.165, 1.54) is 31.2 Å². The van der Waals surface area contributed by atoms with Crippen LogP contribution in [0.15, 0.2) is 24.3 Å². The van der Waals surface area contributed by atoms with Crippen LogP contribution in [0.5, 0.6) is 5.75 Å². The van der Waals surface area contributed by atoms with Crippen LogP contribution in [0, 0.1) is 0 Å². The normalized spacial score (nSPS) is 10.6. The Kier molecular flexibility index (Phi) is 8.32. The van der Waals surface area contributed by atoms with E-state index in [0.29, 0.717) is 0 Å². The van der Waals surface area contributed by atoms with Gasteiger partial charge in [0, 0.05) is 6.54 Å². The van der Waals surface area contributed by atoms with Gasteiger partial charge in [0.05, 0.1) is 6.61 Å². The Labute approximate surface area is 112 Å². The summed E-state index contributed by atoms with van der Waals surface area (Å²) < 4.78 is 5.71. The molecular weight excluding hydrogens is 222 g/mol. The maximum Gasteiger partial charge on any atom is 0.119 e. The van der Waals surface area contributed by atoms with Gasteiger partial charge in [-0.25, -0.2) is 0 Å². The molecular formula is C16H27NO. The summed E-state index contributed by atoms with van der Waals surface area (Å²) in [6.45, 7) is 7.28. The van der Waals surface area contributed by atoms with Gasteiger partial charge < -0.3 is 10.1 Å². The molecule has 102 valence electrons. The van der Waals surface area contributed by atoms with Crippen molar-refractivity contribution in [3.63, 3.8) is 0 Å². The summed E-state index contributed by atoms with van der Waals surface area (Å²) in [5.74, 6) is 0.991. The molecule has 0 atom stereocenters. The van der Waals surface area contributed by atoms with E-state index >= 15 is 0 Å². The van der Waals surface area contributed by atoms with E-state index in [0.717, 1.165) is 31.9 Å². The summed E-state index contributed by atoms with van der Waals surface area (Å²) in [5, 5.41) is 3.40. The minimum absolute atomic E-state index is 0.841. The predicted octanol–water partition coefficient (Wildman–Crippen LogP) is 4.15. The van der Waals surface area contributed by atoms with Crippen LogP contribution in [0.4, 0.5) is 0 Å². The van der Waals surface area contributed by atoms with Gasteiger partial charge in [-0.05, 0) is 37.1 Å². The fraction of sp³-hybridized carbons (Fsp3) is 0.625. The fourth-order valence-electron chi connectivity index (χ4n) is 1.83. The molecule has 0 bridgehead atoms. The second kappa shape index (κ2) is 9.95. The first-order valence-corrected chi connectivity index (χ1v) is 7.29. The van der Waals surface area contributed by atoms with Gasteiger partial charge in [0.1, 0.15) is 5.75 Å². The van der Waals surface area contributed by atoms with Gasteiger partial charge in [0.25, 0.3) is 0 Å². The Morgan fingerprint density at radius 3 is 2.39 bits per heavy atom. The van der Waals surface area contributed by atoms with Crippen LogP contribution in [0.1, 0.15) is 51.5 Å². The predicted molar refractivity (Wildman–Crippen MR) is 78.1 cm³/mol. The molecule has 1 rings (SSSR count). The lowest BCUT2D eigenvalue weighted by molar-refractivity contribution is 0.305. The lowest BCUT2D eigenvalue weighted by Gasteiger charge is -2.07. The van der Waals surface area contributed by atoms with Crippen LogP contribution in [0.3, 0.4) is 0 Å². The number of unbranched alkanes of at least 4 members (excludes halogenated alkanes) is 3. The van der Waals surface area contributed by atoms with Crippen molar-refractivity contribution in [2.24, 2.45) is 0 Å². The highest BCUT2D eigenvalue weighted by atomic mass is 16.5. The van der Waals surface area contributed by atoms with Crippen LogP contribution in [0.2, 0.25) is 0 Å². The van der Waals surface area contributed by atoms with Crippen molar-refractivity contribution in [2.45, 2.75) is 52.5 Å². The molecule has 1 N–H and O–H groups in total. The van der Waals surface area contributed by atoms with E-state index in [2.05, 4.69) is 43.4 Å². The SMILES string of the molecule is CCCCCCOc1ccc(CNCCC)cc1. The summed E-state index contributed by atoms with van der Waals surface area (Å²) >= 11 is 0. The third-order valence-corrected chi connectivity index (χ3v) is 2.95. The molecule has 0 aliphatic heterocycles. The van der Waals surface area contributed by atoms with E-state index in [-0.39, 0.29) is 0 Å². The molecule has 2 nitrogen and oxygen atoms in total. The van der Waals surface area contributed by atoms with Crippen LogP contribution in [0.25, 0.3) is 0 Å². The van der Waals surface area contributed by atoms with Crippen molar-refractivity contribution in [1.29, 1.82) is 0 Å². The zero-order valence-electron chi connectivity index (χ0n) is 11.9. The van der Waals surface area contributed by atoms with Crippen LogP contribution >= 0.6 is 0 Å². The highest BCUT2D eigenvalue weighted by Crippen LogP contribution is 2.13. The number of benzene rings is 1. The molecule has 0 saturated heterocycles. The molecule has 0 aliphatic rings. The van der Waals surface area contributed by atoms with Gasteiger partial charge in [-0.1, -0.05) is 45.2 Å². The molecule has 0 aliphatic carbocycles. The Morgan fingerprint density at radius 1 is 0.944 bits per heavy atom. The molecule has 2 heteroatoms. The highest BCUT2D eigenvalue weighted by molar-refractivity contribution is 5.27. The Balaban J connectivity index is 2.19. The molecule has 0 amide bonds. The Hall–Kier alpha value is -1.02. The van der Waals surface area contributed by atoms with E-state index in [1.807, 2.05) is 0 Å². The van der Waals surface area contributed by atoms with E-state index in [4.69, 9.17) is 4.74 Å². The van der Waals surface area contributed by atoms with Crippen molar-refractivity contribution in [3.05, 3.63) is 29.8 Å². The first-order valence-electron chi connectivity index (χ1n) is 7.29. The van der Waals surface area contributed by atoms with Crippen molar-refractivity contribution in [2.75, 3.05) is 13.2 Å². The first-order chi connectivity index (χ1) is 8.86. The van der Waals surface area contributed by atoms with E-state index < -0.39 is 0 Å². The van der Waals surface area contributed by atoms with Crippen molar-refractivity contribution >= 4 is 0 Å². The molecule has 0 unspecified atom stereocenters. The molecule has 0 radical (unpaired) electrons. The summed E-state index contributed by atoms with van der Waals surface area (Å²) in [5.41, 5.74) is 1.32. The minimum atomic E-state index is 0.841. The Bertz CT molecular complexity index is 294. The number of hydrogen-bond acceptors (Lipinski definition) is 2. The molecule has 0 aromatic heterocycles. The second-order valence-corrected chi connectivity index (χ2v) is 4.73. The lowest BCUT2D eigenvalue weighted by Crippen LogP contribution is -2.13. The van der Waals surface area contributed by atoms with Crippen molar-refractivity contribution in [1.82, 2.24) is 5.32 Å². The third-order valence-electron chi connectivity index (χ3n) is 2.95.